The molecule has 6 nitrogen and oxygen atoms in total. The van der Waals surface area contributed by atoms with Crippen molar-refractivity contribution < 1.29 is 0 Å². The van der Waals surface area contributed by atoms with E-state index in [1.165, 1.54) is 0 Å². The van der Waals surface area contributed by atoms with Crippen molar-refractivity contribution in [2.24, 2.45) is 5.84 Å². The third kappa shape index (κ3) is 1.81. The van der Waals surface area contributed by atoms with Gasteiger partial charge in [-0.15, -0.1) is 0 Å². The Morgan fingerprint density at radius 3 is 2.85 bits per heavy atom. The van der Waals surface area contributed by atoms with Crippen LogP contribution in [0.15, 0.2) is 36.5 Å². The number of fused-ring (bicyclic) bond motifs is 1. The van der Waals surface area contributed by atoms with Crippen molar-refractivity contribution in [3.63, 3.8) is 0 Å². The van der Waals surface area contributed by atoms with Crippen LogP contribution < -0.4 is 11.3 Å². The number of hydrogen-bond donors (Lipinski definition) is 2. The van der Waals surface area contributed by atoms with Gasteiger partial charge < -0.3 is 5.43 Å². The monoisotopic (exact) mass is 266 g/mol. The zero-order valence-electron chi connectivity index (χ0n) is 10.8. The molecule has 100 valence electrons. The standard InChI is InChI=1S/C14H14N6/c15-19-12-7-13(18-14(17-12)9-5-6-9)20-11-4-2-1-3-10(11)8-16-20/h1-4,7-9H,5-6,15H2,(H,17,18,19). The molecule has 0 spiro atoms. The summed E-state index contributed by atoms with van der Waals surface area (Å²) in [6, 6.07) is 9.86. The van der Waals surface area contributed by atoms with Crippen LogP contribution in [0, 0.1) is 0 Å². The summed E-state index contributed by atoms with van der Waals surface area (Å²) in [6.07, 6.45) is 4.13. The third-order valence-electron chi connectivity index (χ3n) is 3.51. The number of nitrogen functional groups attached to an aromatic ring is 1. The van der Waals surface area contributed by atoms with Gasteiger partial charge in [0.15, 0.2) is 5.82 Å². The van der Waals surface area contributed by atoms with Crippen LogP contribution in [0.25, 0.3) is 16.7 Å². The van der Waals surface area contributed by atoms with Crippen LogP contribution in [0.3, 0.4) is 0 Å². The minimum Gasteiger partial charge on any atom is -0.308 e. The van der Waals surface area contributed by atoms with Gasteiger partial charge in [0, 0.05) is 17.4 Å². The van der Waals surface area contributed by atoms with E-state index in [0.717, 1.165) is 35.4 Å². The number of hydrogen-bond acceptors (Lipinski definition) is 5. The first-order chi connectivity index (χ1) is 9.85. The smallest absolute Gasteiger partial charge is 0.159 e. The Kier molecular flexibility index (Phi) is 2.43. The second kappa shape index (κ2) is 4.28. The van der Waals surface area contributed by atoms with Gasteiger partial charge in [0.25, 0.3) is 0 Å². The predicted octanol–water partition coefficient (Wildman–Crippen LogP) is 1.98. The van der Waals surface area contributed by atoms with E-state index < -0.39 is 0 Å². The molecule has 3 aromatic rings. The van der Waals surface area contributed by atoms with E-state index in [0.29, 0.717) is 11.7 Å². The summed E-state index contributed by atoms with van der Waals surface area (Å²) in [4.78, 5) is 9.05. The Bertz CT molecular complexity index is 774. The lowest BCUT2D eigenvalue weighted by Gasteiger charge is -2.08. The summed E-state index contributed by atoms with van der Waals surface area (Å²) in [6.45, 7) is 0. The first-order valence-corrected chi connectivity index (χ1v) is 6.64. The second-order valence-corrected chi connectivity index (χ2v) is 5.00. The molecule has 1 aromatic carbocycles. The van der Waals surface area contributed by atoms with Gasteiger partial charge in [-0.3, -0.25) is 0 Å². The average Bonchev–Trinajstić information content (AvgIpc) is 3.26. The first kappa shape index (κ1) is 11.4. The summed E-state index contributed by atoms with van der Waals surface area (Å²) in [7, 11) is 0. The number of nitrogens with zero attached hydrogens (tertiary/aromatic N) is 4. The van der Waals surface area contributed by atoms with Gasteiger partial charge in [-0.05, 0) is 18.9 Å². The lowest BCUT2D eigenvalue weighted by Crippen LogP contribution is -2.12. The molecule has 3 N–H and O–H groups in total. The highest BCUT2D eigenvalue weighted by atomic mass is 15.3. The number of nitrogens with one attached hydrogen (secondary N) is 1. The fourth-order valence-electron chi connectivity index (χ4n) is 2.31. The SMILES string of the molecule is NNc1cc(-n2ncc3ccccc32)nc(C2CC2)n1. The molecule has 1 fully saturated rings. The van der Waals surface area contributed by atoms with Crippen molar-refractivity contribution in [1.29, 1.82) is 0 Å². The van der Waals surface area contributed by atoms with E-state index in [-0.39, 0.29) is 0 Å². The lowest BCUT2D eigenvalue weighted by molar-refractivity contribution is 0.829. The molecule has 1 aliphatic carbocycles. The topological polar surface area (TPSA) is 81.6 Å². The minimum atomic E-state index is 0.462. The molecule has 0 radical (unpaired) electrons. The third-order valence-corrected chi connectivity index (χ3v) is 3.51. The molecule has 2 heterocycles. The number of para-hydroxylation sites is 1. The quantitative estimate of drug-likeness (QED) is 0.559. The molecule has 0 atom stereocenters. The van der Waals surface area contributed by atoms with Crippen LogP contribution in [-0.2, 0) is 0 Å². The first-order valence-electron chi connectivity index (χ1n) is 6.64. The molecule has 4 rings (SSSR count). The van der Waals surface area contributed by atoms with Gasteiger partial charge in [0.2, 0.25) is 0 Å². The molecule has 0 aliphatic heterocycles. The van der Waals surface area contributed by atoms with Crippen molar-refractivity contribution in [3.05, 3.63) is 42.4 Å². The number of nitrogens with two attached hydrogens (primary N) is 1. The van der Waals surface area contributed by atoms with Crippen LogP contribution >= 0.6 is 0 Å². The molecule has 1 aliphatic rings. The summed E-state index contributed by atoms with van der Waals surface area (Å²) in [5, 5.41) is 5.50. The summed E-state index contributed by atoms with van der Waals surface area (Å²) >= 11 is 0. The van der Waals surface area contributed by atoms with Crippen molar-refractivity contribution in [1.82, 2.24) is 19.7 Å². The Morgan fingerprint density at radius 1 is 1.20 bits per heavy atom. The lowest BCUT2D eigenvalue weighted by atomic mass is 10.2. The van der Waals surface area contributed by atoms with E-state index in [2.05, 4.69) is 20.5 Å². The zero-order chi connectivity index (χ0) is 13.5. The second-order valence-electron chi connectivity index (χ2n) is 5.00. The van der Waals surface area contributed by atoms with Crippen molar-refractivity contribution in [2.75, 3.05) is 5.43 Å². The largest absolute Gasteiger partial charge is 0.308 e. The van der Waals surface area contributed by atoms with E-state index in [9.17, 15) is 0 Å². The van der Waals surface area contributed by atoms with E-state index >= 15 is 0 Å². The Morgan fingerprint density at radius 2 is 2.05 bits per heavy atom. The van der Waals surface area contributed by atoms with Crippen LogP contribution in [0.4, 0.5) is 5.82 Å². The molecule has 20 heavy (non-hydrogen) atoms. The van der Waals surface area contributed by atoms with Gasteiger partial charge in [-0.1, -0.05) is 18.2 Å². The normalized spacial score (nSPS) is 14.7. The van der Waals surface area contributed by atoms with Crippen LogP contribution in [0.5, 0.6) is 0 Å². The maximum atomic E-state index is 5.50. The maximum Gasteiger partial charge on any atom is 0.159 e. The molecular formula is C14H14N6. The van der Waals surface area contributed by atoms with E-state index in [1.54, 1.807) is 0 Å². The van der Waals surface area contributed by atoms with Crippen molar-refractivity contribution in [3.8, 4) is 5.82 Å². The fraction of sp³-hybridized carbons (Fsp3) is 0.214. The number of hydrazine groups is 1. The molecule has 6 heteroatoms. The minimum absolute atomic E-state index is 0.462. The summed E-state index contributed by atoms with van der Waals surface area (Å²) in [5.41, 5.74) is 3.63. The van der Waals surface area contributed by atoms with Gasteiger partial charge in [0.05, 0.1) is 11.7 Å². The van der Waals surface area contributed by atoms with E-state index in [1.807, 2.05) is 41.2 Å². The predicted molar refractivity (Wildman–Crippen MR) is 76.4 cm³/mol. The highest BCUT2D eigenvalue weighted by Gasteiger charge is 2.27. The van der Waals surface area contributed by atoms with Crippen molar-refractivity contribution >= 4 is 16.7 Å². The van der Waals surface area contributed by atoms with Gasteiger partial charge in [-0.2, -0.15) is 5.10 Å². The number of benzene rings is 1. The zero-order valence-corrected chi connectivity index (χ0v) is 10.8. The maximum absolute atomic E-state index is 5.50. The Labute approximate surface area is 115 Å². The molecule has 0 unspecified atom stereocenters. The van der Waals surface area contributed by atoms with Gasteiger partial charge in [-0.25, -0.2) is 20.5 Å². The molecule has 1 saturated carbocycles. The summed E-state index contributed by atoms with van der Waals surface area (Å²) < 4.78 is 1.82. The number of aromatic nitrogens is 4. The summed E-state index contributed by atoms with van der Waals surface area (Å²) in [5.74, 6) is 8.18. The van der Waals surface area contributed by atoms with Gasteiger partial charge in [0.1, 0.15) is 11.6 Å². The number of rotatable bonds is 3. The molecule has 0 saturated heterocycles. The highest BCUT2D eigenvalue weighted by molar-refractivity contribution is 5.79. The number of anilines is 1. The van der Waals surface area contributed by atoms with Crippen LogP contribution in [0.1, 0.15) is 24.6 Å². The molecular weight excluding hydrogens is 252 g/mol. The molecule has 2 aromatic heterocycles. The molecule has 0 bridgehead atoms. The van der Waals surface area contributed by atoms with E-state index in [4.69, 9.17) is 5.84 Å². The van der Waals surface area contributed by atoms with Gasteiger partial charge >= 0.3 is 0 Å². The molecule has 0 amide bonds. The fourth-order valence-corrected chi connectivity index (χ4v) is 2.31. The average molecular weight is 266 g/mol. The van der Waals surface area contributed by atoms with Crippen molar-refractivity contribution in [2.45, 2.75) is 18.8 Å². The van der Waals surface area contributed by atoms with Crippen LogP contribution in [-0.4, -0.2) is 19.7 Å². The Balaban J connectivity index is 1.90. The Hall–Kier alpha value is -2.47. The highest BCUT2D eigenvalue weighted by Crippen LogP contribution is 2.38. The van der Waals surface area contributed by atoms with Crippen LogP contribution in [0.2, 0.25) is 0 Å².